The molecule has 0 saturated carbocycles. The molecule has 0 radical (unpaired) electrons. The van der Waals surface area contributed by atoms with E-state index in [4.69, 9.17) is 0 Å². The Kier molecular flexibility index (Phi) is 8.14. The summed E-state index contributed by atoms with van der Waals surface area (Å²) in [6, 6.07) is -0.0873. The van der Waals surface area contributed by atoms with E-state index in [-0.39, 0.29) is 35.9 Å². The molecular formula is C15H29ClN2O3S. The van der Waals surface area contributed by atoms with E-state index in [0.29, 0.717) is 25.3 Å². The van der Waals surface area contributed by atoms with Gasteiger partial charge in [0.1, 0.15) is 0 Å². The van der Waals surface area contributed by atoms with Crippen LogP contribution in [0.15, 0.2) is 0 Å². The molecule has 2 saturated heterocycles. The number of amides is 1. The maximum absolute atomic E-state index is 12.5. The molecule has 0 spiro atoms. The molecule has 0 aromatic rings. The Balaban J connectivity index is 0.00000242. The minimum absolute atomic E-state index is 0. The summed E-state index contributed by atoms with van der Waals surface area (Å²) in [4.78, 5) is 14.4. The number of hydrogen-bond acceptors (Lipinski definition) is 4. The normalized spacial score (nSPS) is 26.6. The predicted molar refractivity (Wildman–Crippen MR) is 91.1 cm³/mol. The highest BCUT2D eigenvalue weighted by atomic mass is 35.5. The first kappa shape index (κ1) is 19.7. The summed E-state index contributed by atoms with van der Waals surface area (Å²) >= 11 is 0. The van der Waals surface area contributed by atoms with E-state index < -0.39 is 9.84 Å². The molecule has 0 aliphatic carbocycles. The SMILES string of the molecule is CCCCN(C(=O)CCC1CCNC1)C1CCS(=O)(=O)C1.Cl. The number of nitrogens with zero attached hydrogens (tertiary/aromatic N) is 1. The van der Waals surface area contributed by atoms with Crippen molar-refractivity contribution in [3.63, 3.8) is 0 Å². The van der Waals surface area contributed by atoms with E-state index in [9.17, 15) is 13.2 Å². The fourth-order valence-electron chi connectivity index (χ4n) is 3.29. The van der Waals surface area contributed by atoms with Crippen LogP contribution in [0.3, 0.4) is 0 Å². The van der Waals surface area contributed by atoms with Crippen molar-refractivity contribution in [2.75, 3.05) is 31.1 Å². The van der Waals surface area contributed by atoms with Crippen molar-refractivity contribution in [1.82, 2.24) is 10.2 Å². The molecule has 22 heavy (non-hydrogen) atoms. The quantitative estimate of drug-likeness (QED) is 0.756. The van der Waals surface area contributed by atoms with Gasteiger partial charge in [-0.05, 0) is 44.7 Å². The van der Waals surface area contributed by atoms with E-state index >= 15 is 0 Å². The molecule has 0 aromatic heterocycles. The van der Waals surface area contributed by atoms with Crippen molar-refractivity contribution >= 4 is 28.2 Å². The van der Waals surface area contributed by atoms with E-state index in [1.54, 1.807) is 0 Å². The van der Waals surface area contributed by atoms with Gasteiger partial charge in [0.2, 0.25) is 5.91 Å². The second-order valence-electron chi connectivity index (χ2n) is 6.40. The number of rotatable bonds is 7. The molecule has 7 heteroatoms. The lowest BCUT2D eigenvalue weighted by Gasteiger charge is -2.28. The van der Waals surface area contributed by atoms with Crippen molar-refractivity contribution in [3.8, 4) is 0 Å². The number of unbranched alkanes of at least 4 members (excludes halogenated alkanes) is 1. The minimum Gasteiger partial charge on any atom is -0.339 e. The standard InChI is InChI=1S/C15H28N2O3S.ClH/c1-2-3-9-17(14-7-10-21(19,20)12-14)15(18)5-4-13-6-8-16-11-13;/h13-14,16H,2-12H2,1H3;1H. The van der Waals surface area contributed by atoms with Crippen molar-refractivity contribution in [2.45, 2.75) is 51.5 Å². The van der Waals surface area contributed by atoms with Crippen LogP contribution >= 0.6 is 12.4 Å². The lowest BCUT2D eigenvalue weighted by atomic mass is 10.0. The van der Waals surface area contributed by atoms with Gasteiger partial charge in [-0.15, -0.1) is 12.4 Å². The van der Waals surface area contributed by atoms with E-state index in [1.165, 1.54) is 0 Å². The van der Waals surface area contributed by atoms with Gasteiger partial charge in [-0.1, -0.05) is 13.3 Å². The summed E-state index contributed by atoms with van der Waals surface area (Å²) in [6.45, 7) is 4.87. The maximum Gasteiger partial charge on any atom is 0.222 e. The van der Waals surface area contributed by atoms with E-state index in [0.717, 1.165) is 38.8 Å². The molecular weight excluding hydrogens is 324 g/mol. The zero-order chi connectivity index (χ0) is 15.3. The van der Waals surface area contributed by atoms with Gasteiger partial charge >= 0.3 is 0 Å². The second-order valence-corrected chi connectivity index (χ2v) is 8.62. The lowest BCUT2D eigenvalue weighted by molar-refractivity contribution is -0.133. The molecule has 0 bridgehead atoms. The van der Waals surface area contributed by atoms with Crippen molar-refractivity contribution in [2.24, 2.45) is 5.92 Å². The molecule has 2 aliphatic rings. The Bertz CT molecular complexity index is 450. The number of nitrogens with one attached hydrogen (secondary N) is 1. The van der Waals surface area contributed by atoms with Crippen molar-refractivity contribution in [3.05, 3.63) is 0 Å². The van der Waals surface area contributed by atoms with E-state index in [2.05, 4.69) is 12.2 Å². The molecule has 2 fully saturated rings. The Morgan fingerprint density at radius 2 is 2.09 bits per heavy atom. The van der Waals surface area contributed by atoms with Gasteiger partial charge in [-0.3, -0.25) is 4.79 Å². The molecule has 1 amide bonds. The molecule has 130 valence electrons. The summed E-state index contributed by atoms with van der Waals surface area (Å²) < 4.78 is 23.3. The first-order valence-corrected chi connectivity index (χ1v) is 10.0. The number of sulfone groups is 1. The molecule has 1 N–H and O–H groups in total. The Hall–Kier alpha value is -0.330. The molecule has 5 nitrogen and oxygen atoms in total. The Morgan fingerprint density at radius 1 is 1.32 bits per heavy atom. The summed E-state index contributed by atoms with van der Waals surface area (Å²) in [6.07, 6.45) is 5.23. The monoisotopic (exact) mass is 352 g/mol. The number of halogens is 1. The highest BCUT2D eigenvalue weighted by molar-refractivity contribution is 7.91. The van der Waals surface area contributed by atoms with Crippen LogP contribution in [0, 0.1) is 5.92 Å². The number of carbonyl (C=O) groups excluding carboxylic acids is 1. The van der Waals surface area contributed by atoms with Crippen LogP contribution in [0.25, 0.3) is 0 Å². The fourth-order valence-corrected chi connectivity index (χ4v) is 5.02. The van der Waals surface area contributed by atoms with Crippen LogP contribution in [0.1, 0.15) is 45.4 Å². The van der Waals surface area contributed by atoms with Gasteiger partial charge in [-0.2, -0.15) is 0 Å². The molecule has 2 rings (SSSR count). The van der Waals surface area contributed by atoms with Crippen molar-refractivity contribution < 1.29 is 13.2 Å². The molecule has 2 heterocycles. The van der Waals surface area contributed by atoms with Crippen LogP contribution in [-0.2, 0) is 14.6 Å². The second kappa shape index (κ2) is 9.08. The van der Waals surface area contributed by atoms with Crippen LogP contribution in [0.5, 0.6) is 0 Å². The highest BCUT2D eigenvalue weighted by Crippen LogP contribution is 2.21. The van der Waals surface area contributed by atoms with Gasteiger partial charge in [0.05, 0.1) is 11.5 Å². The van der Waals surface area contributed by atoms with Crippen molar-refractivity contribution in [1.29, 1.82) is 0 Å². The zero-order valence-corrected chi connectivity index (χ0v) is 15.1. The summed E-state index contributed by atoms with van der Waals surface area (Å²) in [5.41, 5.74) is 0. The first-order chi connectivity index (χ1) is 10.0. The largest absolute Gasteiger partial charge is 0.339 e. The molecule has 2 aliphatic heterocycles. The summed E-state index contributed by atoms with van der Waals surface area (Å²) in [5, 5.41) is 3.32. The Labute approximate surface area is 140 Å². The van der Waals surface area contributed by atoms with Crippen LogP contribution in [-0.4, -0.2) is 56.4 Å². The van der Waals surface area contributed by atoms with Crippen LogP contribution < -0.4 is 5.32 Å². The van der Waals surface area contributed by atoms with E-state index in [1.807, 2.05) is 4.90 Å². The number of carbonyl (C=O) groups is 1. The molecule has 2 unspecified atom stereocenters. The molecule has 2 atom stereocenters. The summed E-state index contributed by atoms with van der Waals surface area (Å²) in [7, 11) is -2.93. The third kappa shape index (κ3) is 5.70. The molecule has 0 aromatic carbocycles. The van der Waals surface area contributed by atoms with Crippen LogP contribution in [0.2, 0.25) is 0 Å². The predicted octanol–water partition coefficient (Wildman–Crippen LogP) is 1.61. The Morgan fingerprint density at radius 3 is 2.64 bits per heavy atom. The fraction of sp³-hybridized carbons (Fsp3) is 0.933. The first-order valence-electron chi connectivity index (χ1n) is 8.22. The third-order valence-electron chi connectivity index (χ3n) is 4.65. The van der Waals surface area contributed by atoms with Gasteiger partial charge in [-0.25, -0.2) is 8.42 Å². The topological polar surface area (TPSA) is 66.5 Å². The highest BCUT2D eigenvalue weighted by Gasteiger charge is 2.34. The average molecular weight is 353 g/mol. The maximum atomic E-state index is 12.5. The van der Waals surface area contributed by atoms with Gasteiger partial charge < -0.3 is 10.2 Å². The summed E-state index contributed by atoms with van der Waals surface area (Å²) in [5.74, 6) is 1.15. The van der Waals surface area contributed by atoms with Gasteiger partial charge in [0, 0.05) is 19.0 Å². The lowest BCUT2D eigenvalue weighted by Crippen LogP contribution is -2.41. The van der Waals surface area contributed by atoms with Crippen LogP contribution in [0.4, 0.5) is 0 Å². The smallest absolute Gasteiger partial charge is 0.222 e. The van der Waals surface area contributed by atoms with Gasteiger partial charge in [0.15, 0.2) is 9.84 Å². The zero-order valence-electron chi connectivity index (χ0n) is 13.4. The number of hydrogen-bond donors (Lipinski definition) is 1. The van der Waals surface area contributed by atoms with Gasteiger partial charge in [0.25, 0.3) is 0 Å². The minimum atomic E-state index is -2.93. The average Bonchev–Trinajstić information content (AvgIpc) is 3.06. The third-order valence-corrected chi connectivity index (χ3v) is 6.40.